The maximum Gasteiger partial charge on any atom is 0.151 e. The van der Waals surface area contributed by atoms with Crippen LogP contribution in [0.15, 0.2) is 0 Å². The Bertz CT molecular complexity index is 390. The molecule has 3 nitrogen and oxygen atoms in total. The minimum atomic E-state index is -2.94. The van der Waals surface area contributed by atoms with Crippen molar-refractivity contribution in [2.24, 2.45) is 11.3 Å². The summed E-state index contributed by atoms with van der Waals surface area (Å²) in [4.78, 5) is 0. The molecule has 1 heterocycles. The van der Waals surface area contributed by atoms with Gasteiger partial charge in [0.05, 0.1) is 23.0 Å². The van der Waals surface area contributed by atoms with Crippen molar-refractivity contribution >= 4 is 9.84 Å². The third-order valence-corrected chi connectivity index (χ3v) is 5.85. The van der Waals surface area contributed by atoms with Crippen molar-refractivity contribution in [2.75, 3.05) is 11.5 Å². The topological polar surface area (TPSA) is 57.9 Å². The molecule has 1 saturated carbocycles. The number of rotatable bonds is 2. The molecule has 1 atom stereocenters. The van der Waals surface area contributed by atoms with Gasteiger partial charge in [0, 0.05) is 0 Å². The van der Waals surface area contributed by atoms with E-state index in [1.807, 2.05) is 0 Å². The molecule has 2 fully saturated rings. The second kappa shape index (κ2) is 4.37. The first-order chi connectivity index (χ1) is 7.55. The zero-order valence-corrected chi connectivity index (χ0v) is 10.4. The molecule has 2 rings (SSSR count). The van der Waals surface area contributed by atoms with Gasteiger partial charge in [-0.3, -0.25) is 0 Å². The molecule has 0 aromatic rings. The lowest BCUT2D eigenvalue weighted by molar-refractivity contribution is 0.258. The van der Waals surface area contributed by atoms with Gasteiger partial charge in [0.2, 0.25) is 0 Å². The average molecular weight is 241 g/mol. The number of hydrogen-bond acceptors (Lipinski definition) is 3. The number of nitriles is 1. The third kappa shape index (κ3) is 2.57. The highest BCUT2D eigenvalue weighted by Crippen LogP contribution is 2.41. The van der Waals surface area contributed by atoms with E-state index in [9.17, 15) is 13.7 Å². The molecule has 0 spiro atoms. The molecule has 2 aliphatic rings. The Morgan fingerprint density at radius 2 is 1.94 bits per heavy atom. The van der Waals surface area contributed by atoms with E-state index in [1.165, 1.54) is 32.1 Å². The van der Waals surface area contributed by atoms with Crippen LogP contribution >= 0.6 is 0 Å². The van der Waals surface area contributed by atoms with Crippen molar-refractivity contribution in [3.8, 4) is 6.07 Å². The monoisotopic (exact) mass is 241 g/mol. The van der Waals surface area contributed by atoms with Crippen LogP contribution in [-0.4, -0.2) is 19.9 Å². The third-order valence-electron chi connectivity index (χ3n) is 4.03. The minimum absolute atomic E-state index is 0.104. The molecular formula is C12H19NO2S. The molecule has 1 aliphatic heterocycles. The van der Waals surface area contributed by atoms with Gasteiger partial charge in [-0.15, -0.1) is 0 Å². The Morgan fingerprint density at radius 3 is 2.44 bits per heavy atom. The van der Waals surface area contributed by atoms with Gasteiger partial charge in [0.25, 0.3) is 0 Å². The summed E-state index contributed by atoms with van der Waals surface area (Å²) >= 11 is 0. The highest BCUT2D eigenvalue weighted by Gasteiger charge is 2.43. The maximum absolute atomic E-state index is 11.5. The fourth-order valence-corrected chi connectivity index (χ4v) is 5.17. The summed E-state index contributed by atoms with van der Waals surface area (Å²) in [5.41, 5.74) is -0.555. The fraction of sp³-hybridized carbons (Fsp3) is 0.917. The molecule has 0 amide bonds. The Labute approximate surface area is 97.8 Å². The van der Waals surface area contributed by atoms with Crippen LogP contribution in [0.2, 0.25) is 0 Å². The summed E-state index contributed by atoms with van der Waals surface area (Å²) in [5.74, 6) is 0.905. The van der Waals surface area contributed by atoms with Gasteiger partial charge < -0.3 is 0 Å². The van der Waals surface area contributed by atoms with E-state index < -0.39 is 15.3 Å². The Balaban J connectivity index is 2.03. The molecule has 0 aromatic carbocycles. The second-order valence-corrected chi connectivity index (χ2v) is 7.63. The smallest absolute Gasteiger partial charge is 0.151 e. The zero-order valence-electron chi connectivity index (χ0n) is 9.61. The second-order valence-electron chi connectivity index (χ2n) is 5.44. The molecule has 4 heteroatoms. The molecule has 0 bridgehead atoms. The quantitative estimate of drug-likeness (QED) is 0.745. The lowest BCUT2D eigenvalue weighted by atomic mass is 9.75. The van der Waals surface area contributed by atoms with Gasteiger partial charge in [-0.05, 0) is 18.8 Å². The van der Waals surface area contributed by atoms with Crippen LogP contribution in [0.4, 0.5) is 0 Å². The van der Waals surface area contributed by atoms with E-state index in [0.29, 0.717) is 12.3 Å². The van der Waals surface area contributed by atoms with Crippen molar-refractivity contribution in [3.05, 3.63) is 0 Å². The van der Waals surface area contributed by atoms with E-state index in [0.717, 1.165) is 6.42 Å². The SMILES string of the molecule is N#CC1(CC2CCCCC2)CCS(=O)(=O)C1. The van der Waals surface area contributed by atoms with Crippen molar-refractivity contribution in [1.82, 2.24) is 0 Å². The Morgan fingerprint density at radius 1 is 1.25 bits per heavy atom. The van der Waals surface area contributed by atoms with Crippen LogP contribution in [-0.2, 0) is 9.84 Å². The predicted molar refractivity (Wildman–Crippen MR) is 62.5 cm³/mol. The minimum Gasteiger partial charge on any atom is -0.229 e. The summed E-state index contributed by atoms with van der Waals surface area (Å²) < 4.78 is 23.0. The number of hydrogen-bond donors (Lipinski definition) is 0. The van der Waals surface area contributed by atoms with Crippen LogP contribution in [0.1, 0.15) is 44.9 Å². The van der Waals surface area contributed by atoms with Gasteiger partial charge in [0.1, 0.15) is 0 Å². The van der Waals surface area contributed by atoms with Gasteiger partial charge >= 0.3 is 0 Å². The first kappa shape index (κ1) is 11.9. The number of sulfone groups is 1. The van der Waals surface area contributed by atoms with Crippen molar-refractivity contribution < 1.29 is 8.42 Å². The Hall–Kier alpha value is -0.560. The highest BCUT2D eigenvalue weighted by atomic mass is 32.2. The van der Waals surface area contributed by atoms with Crippen molar-refractivity contribution in [2.45, 2.75) is 44.9 Å². The van der Waals surface area contributed by atoms with Gasteiger partial charge in [-0.25, -0.2) is 8.42 Å². The molecule has 16 heavy (non-hydrogen) atoms. The van der Waals surface area contributed by atoms with Crippen LogP contribution in [0.25, 0.3) is 0 Å². The lowest BCUT2D eigenvalue weighted by Gasteiger charge is -2.28. The summed E-state index contributed by atoms with van der Waals surface area (Å²) in [5, 5.41) is 9.26. The molecule has 90 valence electrons. The molecule has 1 aliphatic carbocycles. The molecule has 0 N–H and O–H groups in total. The van der Waals surface area contributed by atoms with Crippen LogP contribution in [0.3, 0.4) is 0 Å². The van der Waals surface area contributed by atoms with Gasteiger partial charge in [0.15, 0.2) is 9.84 Å². The maximum atomic E-state index is 11.5. The normalized spacial score (nSPS) is 34.7. The molecule has 1 saturated heterocycles. The molecular weight excluding hydrogens is 222 g/mol. The summed E-state index contributed by atoms with van der Waals surface area (Å²) in [6, 6.07) is 2.30. The summed E-state index contributed by atoms with van der Waals surface area (Å²) in [6.07, 6.45) is 7.53. The van der Waals surface area contributed by atoms with Gasteiger partial charge in [-0.2, -0.15) is 5.26 Å². The highest BCUT2D eigenvalue weighted by molar-refractivity contribution is 7.91. The van der Waals surface area contributed by atoms with E-state index in [4.69, 9.17) is 0 Å². The summed E-state index contributed by atoms with van der Waals surface area (Å²) in [6.45, 7) is 0. The van der Waals surface area contributed by atoms with Crippen LogP contribution < -0.4 is 0 Å². The first-order valence-electron chi connectivity index (χ1n) is 6.17. The summed E-state index contributed by atoms with van der Waals surface area (Å²) in [7, 11) is -2.94. The van der Waals surface area contributed by atoms with Crippen molar-refractivity contribution in [3.63, 3.8) is 0 Å². The largest absolute Gasteiger partial charge is 0.229 e. The average Bonchev–Trinajstić information content (AvgIpc) is 2.57. The fourth-order valence-electron chi connectivity index (χ4n) is 3.15. The standard InChI is InChI=1S/C12H19NO2S/c13-9-12(6-7-16(14,15)10-12)8-11-4-2-1-3-5-11/h11H,1-8,10H2. The zero-order chi connectivity index (χ0) is 11.6. The number of nitrogens with zero attached hydrogens (tertiary/aromatic N) is 1. The van der Waals surface area contributed by atoms with Crippen LogP contribution in [0, 0.1) is 22.7 Å². The molecule has 0 radical (unpaired) electrons. The molecule has 1 unspecified atom stereocenters. The Kier molecular flexibility index (Phi) is 3.25. The van der Waals surface area contributed by atoms with E-state index in [2.05, 4.69) is 6.07 Å². The van der Waals surface area contributed by atoms with E-state index >= 15 is 0 Å². The van der Waals surface area contributed by atoms with E-state index in [-0.39, 0.29) is 11.5 Å². The van der Waals surface area contributed by atoms with Gasteiger partial charge in [-0.1, -0.05) is 32.1 Å². The lowest BCUT2D eigenvalue weighted by Crippen LogP contribution is -2.25. The first-order valence-corrected chi connectivity index (χ1v) is 7.99. The van der Waals surface area contributed by atoms with Crippen molar-refractivity contribution in [1.29, 1.82) is 5.26 Å². The van der Waals surface area contributed by atoms with Crippen LogP contribution in [0.5, 0.6) is 0 Å². The molecule has 0 aromatic heterocycles. The predicted octanol–water partition coefficient (Wildman–Crippen LogP) is 2.29. The van der Waals surface area contributed by atoms with E-state index in [1.54, 1.807) is 0 Å².